The minimum atomic E-state index is -0.260. The first-order valence-electron chi connectivity index (χ1n) is 9.53. The van der Waals surface area contributed by atoms with E-state index in [1.165, 1.54) is 18.3 Å². The Labute approximate surface area is 183 Å². The molecule has 31 heavy (non-hydrogen) atoms. The minimum Gasteiger partial charge on any atom is -0.497 e. The fourth-order valence-corrected chi connectivity index (χ4v) is 3.87. The Kier molecular flexibility index (Phi) is 5.64. The van der Waals surface area contributed by atoms with Crippen molar-refractivity contribution in [3.05, 3.63) is 65.2 Å². The highest BCUT2D eigenvalue weighted by molar-refractivity contribution is 7.14. The fraction of sp³-hybridized carbons (Fsp3) is 0.130. The lowest BCUT2D eigenvalue weighted by molar-refractivity contribution is -0.114. The van der Waals surface area contributed by atoms with Crippen molar-refractivity contribution >= 4 is 44.9 Å². The third kappa shape index (κ3) is 4.54. The molecule has 0 saturated heterocycles. The molecule has 0 atom stereocenters. The predicted octanol–water partition coefficient (Wildman–Crippen LogP) is 4.89. The van der Waals surface area contributed by atoms with Crippen LogP contribution in [-0.4, -0.2) is 28.9 Å². The zero-order chi connectivity index (χ0) is 22.0. The summed E-state index contributed by atoms with van der Waals surface area (Å²) in [5.41, 5.74) is 4.25. The number of aromatic nitrogens is 2. The summed E-state index contributed by atoms with van der Waals surface area (Å²) in [6, 6.07) is 14.8. The second kappa shape index (κ2) is 8.53. The van der Waals surface area contributed by atoms with Crippen molar-refractivity contribution in [1.82, 2.24) is 9.97 Å². The number of nitrogens with one attached hydrogen (secondary N) is 2. The molecule has 7 nitrogen and oxygen atoms in total. The standard InChI is InChI=1S/C23H20N4O3S/c1-13-19(10-16-6-9-18(30-3)11-20(16)24-13)22(29)27-23-26-21(12-31-23)15-4-7-17(8-5-15)25-14(2)28/h4-12H,1-3H3,(H,25,28)(H,26,27,29). The van der Waals surface area contributed by atoms with Gasteiger partial charge in [-0.3, -0.25) is 19.9 Å². The summed E-state index contributed by atoms with van der Waals surface area (Å²) in [7, 11) is 1.61. The van der Waals surface area contributed by atoms with E-state index in [0.29, 0.717) is 16.4 Å². The van der Waals surface area contributed by atoms with Crippen LogP contribution < -0.4 is 15.4 Å². The lowest BCUT2D eigenvalue weighted by Crippen LogP contribution is -2.14. The molecule has 0 fully saturated rings. The van der Waals surface area contributed by atoms with Crippen LogP contribution in [0.3, 0.4) is 0 Å². The van der Waals surface area contributed by atoms with Gasteiger partial charge in [0.1, 0.15) is 5.75 Å². The summed E-state index contributed by atoms with van der Waals surface area (Å²) < 4.78 is 5.24. The number of hydrogen-bond donors (Lipinski definition) is 2. The molecule has 0 radical (unpaired) electrons. The van der Waals surface area contributed by atoms with Gasteiger partial charge in [0.15, 0.2) is 5.13 Å². The SMILES string of the molecule is COc1ccc2cc(C(=O)Nc3nc(-c4ccc(NC(C)=O)cc4)cs3)c(C)nc2c1. The van der Waals surface area contributed by atoms with Crippen LogP contribution in [0, 0.1) is 6.92 Å². The Morgan fingerprint density at radius 3 is 2.48 bits per heavy atom. The van der Waals surface area contributed by atoms with Crippen LogP contribution in [0.5, 0.6) is 5.75 Å². The third-order valence-electron chi connectivity index (χ3n) is 4.69. The number of aryl methyl sites for hydroxylation is 1. The van der Waals surface area contributed by atoms with Gasteiger partial charge in [-0.15, -0.1) is 11.3 Å². The number of ether oxygens (including phenoxy) is 1. The molecule has 4 rings (SSSR count). The van der Waals surface area contributed by atoms with Gasteiger partial charge in [-0.25, -0.2) is 4.98 Å². The molecule has 2 amide bonds. The van der Waals surface area contributed by atoms with E-state index in [4.69, 9.17) is 4.74 Å². The molecular weight excluding hydrogens is 412 g/mol. The van der Waals surface area contributed by atoms with Gasteiger partial charge < -0.3 is 10.1 Å². The molecule has 0 spiro atoms. The Hall–Kier alpha value is -3.78. The highest BCUT2D eigenvalue weighted by Crippen LogP contribution is 2.27. The minimum absolute atomic E-state index is 0.121. The van der Waals surface area contributed by atoms with Gasteiger partial charge in [-0.05, 0) is 37.3 Å². The molecule has 0 aliphatic heterocycles. The second-order valence-electron chi connectivity index (χ2n) is 6.93. The first-order valence-corrected chi connectivity index (χ1v) is 10.4. The number of carbonyl (C=O) groups excluding carboxylic acids is 2. The number of fused-ring (bicyclic) bond motifs is 1. The molecule has 2 N–H and O–H groups in total. The highest BCUT2D eigenvalue weighted by Gasteiger charge is 2.15. The van der Waals surface area contributed by atoms with Crippen molar-refractivity contribution in [2.75, 3.05) is 17.7 Å². The Morgan fingerprint density at radius 2 is 1.77 bits per heavy atom. The van der Waals surface area contributed by atoms with Crippen molar-refractivity contribution in [1.29, 1.82) is 0 Å². The lowest BCUT2D eigenvalue weighted by Gasteiger charge is -2.08. The van der Waals surface area contributed by atoms with E-state index < -0.39 is 0 Å². The summed E-state index contributed by atoms with van der Waals surface area (Å²) in [4.78, 5) is 33.0. The van der Waals surface area contributed by atoms with Crippen LogP contribution in [0.15, 0.2) is 53.9 Å². The van der Waals surface area contributed by atoms with Gasteiger partial charge in [-0.2, -0.15) is 0 Å². The average molecular weight is 433 g/mol. The summed E-state index contributed by atoms with van der Waals surface area (Å²) in [5.74, 6) is 0.339. The fourth-order valence-electron chi connectivity index (χ4n) is 3.16. The van der Waals surface area contributed by atoms with Crippen molar-refractivity contribution in [2.24, 2.45) is 0 Å². The van der Waals surface area contributed by atoms with Gasteiger partial charge in [-0.1, -0.05) is 12.1 Å². The number of benzene rings is 2. The molecule has 0 unspecified atom stereocenters. The highest BCUT2D eigenvalue weighted by atomic mass is 32.1. The van der Waals surface area contributed by atoms with Crippen molar-refractivity contribution in [3.63, 3.8) is 0 Å². The van der Waals surface area contributed by atoms with Gasteiger partial charge in [0.05, 0.1) is 29.6 Å². The molecule has 0 saturated carbocycles. The number of amides is 2. The average Bonchev–Trinajstić information content (AvgIpc) is 3.21. The molecular formula is C23H20N4O3S. The van der Waals surface area contributed by atoms with E-state index in [1.54, 1.807) is 14.0 Å². The Bertz CT molecular complexity index is 1280. The van der Waals surface area contributed by atoms with Crippen molar-refractivity contribution in [2.45, 2.75) is 13.8 Å². The van der Waals surface area contributed by atoms with Crippen LogP contribution >= 0.6 is 11.3 Å². The van der Waals surface area contributed by atoms with Crippen molar-refractivity contribution < 1.29 is 14.3 Å². The first-order chi connectivity index (χ1) is 14.9. The van der Waals surface area contributed by atoms with Crippen LogP contribution in [-0.2, 0) is 4.79 Å². The second-order valence-corrected chi connectivity index (χ2v) is 7.79. The summed E-state index contributed by atoms with van der Waals surface area (Å²) in [6.45, 7) is 3.27. The van der Waals surface area contributed by atoms with E-state index in [0.717, 1.165) is 33.6 Å². The number of methoxy groups -OCH3 is 1. The largest absolute Gasteiger partial charge is 0.497 e. The molecule has 4 aromatic rings. The Balaban J connectivity index is 1.52. The molecule has 2 aromatic carbocycles. The Morgan fingerprint density at radius 1 is 1.00 bits per heavy atom. The molecule has 0 aliphatic carbocycles. The van der Waals surface area contributed by atoms with E-state index in [-0.39, 0.29) is 11.8 Å². The molecule has 2 aromatic heterocycles. The molecule has 0 bridgehead atoms. The lowest BCUT2D eigenvalue weighted by atomic mass is 10.1. The van der Waals surface area contributed by atoms with E-state index >= 15 is 0 Å². The molecule has 2 heterocycles. The summed E-state index contributed by atoms with van der Waals surface area (Å²) in [6.07, 6.45) is 0. The molecule has 156 valence electrons. The van der Waals surface area contributed by atoms with Crippen LogP contribution in [0.4, 0.5) is 10.8 Å². The predicted molar refractivity (Wildman–Crippen MR) is 123 cm³/mol. The van der Waals surface area contributed by atoms with Gasteiger partial charge >= 0.3 is 0 Å². The number of anilines is 2. The van der Waals surface area contributed by atoms with Gasteiger partial charge in [0, 0.05) is 35.0 Å². The maximum atomic E-state index is 12.8. The monoisotopic (exact) mass is 432 g/mol. The topological polar surface area (TPSA) is 93.2 Å². The summed E-state index contributed by atoms with van der Waals surface area (Å²) in [5, 5.41) is 8.82. The normalized spacial score (nSPS) is 10.7. The van der Waals surface area contributed by atoms with E-state index in [1.807, 2.05) is 53.9 Å². The van der Waals surface area contributed by atoms with Crippen molar-refractivity contribution in [3.8, 4) is 17.0 Å². The zero-order valence-electron chi connectivity index (χ0n) is 17.2. The summed E-state index contributed by atoms with van der Waals surface area (Å²) >= 11 is 1.35. The zero-order valence-corrected chi connectivity index (χ0v) is 18.0. The number of rotatable bonds is 5. The molecule has 8 heteroatoms. The van der Waals surface area contributed by atoms with Crippen LogP contribution in [0.2, 0.25) is 0 Å². The smallest absolute Gasteiger partial charge is 0.259 e. The van der Waals surface area contributed by atoms with Gasteiger partial charge in [0.2, 0.25) is 5.91 Å². The number of carbonyl (C=O) groups is 2. The quantitative estimate of drug-likeness (QED) is 0.469. The number of thiazole rings is 1. The van der Waals surface area contributed by atoms with E-state index in [2.05, 4.69) is 20.6 Å². The third-order valence-corrected chi connectivity index (χ3v) is 5.44. The van der Waals surface area contributed by atoms with Crippen LogP contribution in [0.25, 0.3) is 22.2 Å². The van der Waals surface area contributed by atoms with Gasteiger partial charge in [0.25, 0.3) is 5.91 Å². The van der Waals surface area contributed by atoms with E-state index in [9.17, 15) is 9.59 Å². The molecule has 0 aliphatic rings. The van der Waals surface area contributed by atoms with Crippen LogP contribution in [0.1, 0.15) is 23.0 Å². The maximum absolute atomic E-state index is 12.8. The number of pyridine rings is 1. The number of nitrogens with zero attached hydrogens (tertiary/aromatic N) is 2. The number of hydrogen-bond acceptors (Lipinski definition) is 6. The first kappa shape index (κ1) is 20.5. The maximum Gasteiger partial charge on any atom is 0.259 e.